The molecular weight excluding hydrogens is 458 g/mol. The van der Waals surface area contributed by atoms with Gasteiger partial charge in [-0.05, 0) is 54.8 Å². The zero-order chi connectivity index (χ0) is 18.6. The van der Waals surface area contributed by atoms with Crippen LogP contribution in [-0.2, 0) is 12.7 Å². The molecular formula is C18H21F3IN3O. The van der Waals surface area contributed by atoms with Crippen molar-refractivity contribution in [2.24, 2.45) is 10.7 Å². The van der Waals surface area contributed by atoms with Gasteiger partial charge in [-0.15, -0.1) is 24.0 Å². The summed E-state index contributed by atoms with van der Waals surface area (Å²) in [7, 11) is 1.32. The standard InChI is InChI=1S/C18H20F3N3O.HI/c1-11-6-12(2)8-14(7-11)24-17(22)23-10-13-4-5-15(25-3)9-16(13)18(19,20)21;/h4-9H,10H2,1-3H3,(H3,22,23,24);1H. The molecule has 0 radical (unpaired) electrons. The number of nitrogens with zero attached hydrogens (tertiary/aromatic N) is 1. The maximum atomic E-state index is 13.2. The molecule has 3 N–H and O–H groups in total. The first-order valence-electron chi connectivity index (χ1n) is 7.58. The normalized spacial score (nSPS) is 11.7. The fourth-order valence-electron chi connectivity index (χ4n) is 2.49. The molecule has 0 fully saturated rings. The second kappa shape index (κ2) is 9.11. The number of nitrogens with two attached hydrogens (primary N) is 1. The van der Waals surface area contributed by atoms with Crippen molar-refractivity contribution in [3.05, 3.63) is 58.7 Å². The van der Waals surface area contributed by atoms with Crippen LogP contribution >= 0.6 is 24.0 Å². The predicted octanol–water partition coefficient (Wildman–Crippen LogP) is 4.88. The van der Waals surface area contributed by atoms with Crippen LogP contribution in [0.2, 0.25) is 0 Å². The number of hydrogen-bond donors (Lipinski definition) is 2. The predicted molar refractivity (Wildman–Crippen MR) is 108 cm³/mol. The number of hydrogen-bond acceptors (Lipinski definition) is 2. The zero-order valence-corrected chi connectivity index (χ0v) is 17.0. The molecule has 0 aliphatic rings. The number of methoxy groups -OCH3 is 1. The minimum Gasteiger partial charge on any atom is -0.497 e. The van der Waals surface area contributed by atoms with Gasteiger partial charge >= 0.3 is 6.18 Å². The van der Waals surface area contributed by atoms with E-state index in [1.165, 1.54) is 19.2 Å². The van der Waals surface area contributed by atoms with Crippen molar-refractivity contribution < 1.29 is 17.9 Å². The molecule has 0 atom stereocenters. The molecule has 0 unspecified atom stereocenters. The Morgan fingerprint density at radius 3 is 2.27 bits per heavy atom. The highest BCUT2D eigenvalue weighted by Gasteiger charge is 2.33. The molecule has 0 heterocycles. The van der Waals surface area contributed by atoms with Gasteiger partial charge in [0.25, 0.3) is 0 Å². The van der Waals surface area contributed by atoms with Crippen LogP contribution < -0.4 is 15.8 Å². The smallest absolute Gasteiger partial charge is 0.416 e. The Labute approximate surface area is 167 Å². The van der Waals surface area contributed by atoms with Gasteiger partial charge < -0.3 is 15.8 Å². The molecule has 0 bridgehead atoms. The van der Waals surface area contributed by atoms with Crippen molar-refractivity contribution in [3.8, 4) is 5.75 Å². The number of halogens is 4. The molecule has 2 aromatic rings. The van der Waals surface area contributed by atoms with Crippen molar-refractivity contribution in [2.75, 3.05) is 12.4 Å². The summed E-state index contributed by atoms with van der Waals surface area (Å²) in [4.78, 5) is 4.02. The molecule has 0 saturated heterocycles. The Morgan fingerprint density at radius 2 is 1.73 bits per heavy atom. The maximum absolute atomic E-state index is 13.2. The van der Waals surface area contributed by atoms with Crippen molar-refractivity contribution in [2.45, 2.75) is 26.6 Å². The van der Waals surface area contributed by atoms with E-state index in [1.54, 1.807) is 0 Å². The van der Waals surface area contributed by atoms with Crippen molar-refractivity contribution in [3.63, 3.8) is 0 Å². The molecule has 2 aromatic carbocycles. The van der Waals surface area contributed by atoms with Crippen LogP contribution in [0, 0.1) is 13.8 Å². The highest BCUT2D eigenvalue weighted by atomic mass is 127. The minimum atomic E-state index is -4.49. The first-order valence-corrected chi connectivity index (χ1v) is 7.58. The third-order valence-electron chi connectivity index (χ3n) is 3.54. The number of alkyl halides is 3. The molecule has 0 saturated carbocycles. The Morgan fingerprint density at radius 1 is 1.12 bits per heavy atom. The lowest BCUT2D eigenvalue weighted by Crippen LogP contribution is -2.23. The number of anilines is 1. The minimum absolute atomic E-state index is 0. The number of ether oxygens (including phenoxy) is 1. The van der Waals surface area contributed by atoms with Gasteiger partial charge in [0.1, 0.15) is 5.75 Å². The number of aliphatic imine (C=N–C) groups is 1. The monoisotopic (exact) mass is 479 g/mol. The summed E-state index contributed by atoms with van der Waals surface area (Å²) in [5.41, 5.74) is 7.88. The van der Waals surface area contributed by atoms with E-state index in [4.69, 9.17) is 10.5 Å². The summed E-state index contributed by atoms with van der Waals surface area (Å²) < 4.78 is 44.4. The van der Waals surface area contributed by atoms with Crippen LogP contribution in [0.25, 0.3) is 0 Å². The van der Waals surface area contributed by atoms with Gasteiger partial charge in [-0.1, -0.05) is 12.1 Å². The third kappa shape index (κ3) is 6.08. The van der Waals surface area contributed by atoms with E-state index in [9.17, 15) is 13.2 Å². The average Bonchev–Trinajstić information content (AvgIpc) is 2.50. The number of guanidine groups is 1. The van der Waals surface area contributed by atoms with E-state index in [0.717, 1.165) is 22.9 Å². The third-order valence-corrected chi connectivity index (χ3v) is 3.54. The highest BCUT2D eigenvalue weighted by molar-refractivity contribution is 14.0. The molecule has 4 nitrogen and oxygen atoms in total. The quantitative estimate of drug-likeness (QED) is 0.374. The van der Waals surface area contributed by atoms with Crippen LogP contribution in [-0.4, -0.2) is 13.1 Å². The number of rotatable bonds is 4. The van der Waals surface area contributed by atoms with Gasteiger partial charge in [-0.3, -0.25) is 0 Å². The Hall–Kier alpha value is -1.97. The van der Waals surface area contributed by atoms with Crippen LogP contribution in [0.1, 0.15) is 22.3 Å². The maximum Gasteiger partial charge on any atom is 0.416 e. The second-order valence-electron chi connectivity index (χ2n) is 5.72. The molecule has 8 heteroatoms. The second-order valence-corrected chi connectivity index (χ2v) is 5.72. The van der Waals surface area contributed by atoms with Gasteiger partial charge in [0.05, 0.1) is 19.2 Å². The van der Waals surface area contributed by atoms with E-state index in [0.29, 0.717) is 0 Å². The summed E-state index contributed by atoms with van der Waals surface area (Å²) in [5.74, 6) is 0.190. The van der Waals surface area contributed by atoms with Crippen LogP contribution in [0.3, 0.4) is 0 Å². The van der Waals surface area contributed by atoms with Crippen molar-refractivity contribution in [1.82, 2.24) is 0 Å². The van der Waals surface area contributed by atoms with Gasteiger partial charge in [-0.25, -0.2) is 4.99 Å². The molecule has 142 valence electrons. The van der Waals surface area contributed by atoms with Crippen molar-refractivity contribution >= 4 is 35.6 Å². The highest BCUT2D eigenvalue weighted by Crippen LogP contribution is 2.34. The summed E-state index contributed by atoms with van der Waals surface area (Å²) in [5, 5.41) is 2.90. The summed E-state index contributed by atoms with van der Waals surface area (Å²) in [6.45, 7) is 3.69. The SMILES string of the molecule is COc1ccc(CN=C(N)Nc2cc(C)cc(C)c2)c(C(F)(F)F)c1.I. The largest absolute Gasteiger partial charge is 0.497 e. The summed E-state index contributed by atoms with van der Waals surface area (Å²) >= 11 is 0. The molecule has 0 amide bonds. The van der Waals surface area contributed by atoms with E-state index >= 15 is 0 Å². The van der Waals surface area contributed by atoms with E-state index < -0.39 is 11.7 Å². The van der Waals surface area contributed by atoms with E-state index in [1.807, 2.05) is 32.0 Å². The Balaban J connectivity index is 0.00000338. The Kier molecular flexibility index (Phi) is 7.73. The lowest BCUT2D eigenvalue weighted by Gasteiger charge is -2.13. The van der Waals surface area contributed by atoms with Gasteiger partial charge in [0.2, 0.25) is 0 Å². The molecule has 0 aliphatic heterocycles. The van der Waals surface area contributed by atoms with Gasteiger partial charge in [-0.2, -0.15) is 13.2 Å². The van der Waals surface area contributed by atoms with Gasteiger partial charge in [0, 0.05) is 5.69 Å². The van der Waals surface area contributed by atoms with Gasteiger partial charge in [0.15, 0.2) is 5.96 Å². The van der Waals surface area contributed by atoms with E-state index in [2.05, 4.69) is 10.3 Å². The first kappa shape index (κ1) is 22.1. The molecule has 0 aliphatic carbocycles. The molecule has 26 heavy (non-hydrogen) atoms. The number of nitrogens with one attached hydrogen (secondary N) is 1. The summed E-state index contributed by atoms with van der Waals surface area (Å²) in [6.07, 6.45) is -4.49. The average molecular weight is 479 g/mol. The van der Waals surface area contributed by atoms with Crippen molar-refractivity contribution in [1.29, 1.82) is 0 Å². The molecule has 0 aromatic heterocycles. The lowest BCUT2D eigenvalue weighted by molar-refractivity contribution is -0.138. The summed E-state index contributed by atoms with van der Waals surface area (Å²) in [6, 6.07) is 9.53. The van der Waals surface area contributed by atoms with Crippen LogP contribution in [0.15, 0.2) is 41.4 Å². The number of aryl methyl sites for hydroxylation is 2. The zero-order valence-electron chi connectivity index (χ0n) is 14.6. The fourth-order valence-corrected chi connectivity index (χ4v) is 2.49. The fraction of sp³-hybridized carbons (Fsp3) is 0.278. The van der Waals surface area contributed by atoms with Crippen LogP contribution in [0.4, 0.5) is 18.9 Å². The topological polar surface area (TPSA) is 59.6 Å². The van der Waals surface area contributed by atoms with Crippen LogP contribution in [0.5, 0.6) is 5.75 Å². The molecule has 0 spiro atoms. The first-order chi connectivity index (χ1) is 11.7. The Bertz CT molecular complexity index is 771. The van der Waals surface area contributed by atoms with E-state index in [-0.39, 0.29) is 47.8 Å². The molecule has 2 rings (SSSR count). The number of benzene rings is 2. The lowest BCUT2D eigenvalue weighted by atomic mass is 10.1.